The molecule has 4 nitrogen and oxygen atoms in total. The zero-order valence-electron chi connectivity index (χ0n) is 13.5. The molecule has 0 spiro atoms. The summed E-state index contributed by atoms with van der Waals surface area (Å²) in [6.07, 6.45) is -4.54. The molecule has 7 heteroatoms. The highest BCUT2D eigenvalue weighted by atomic mass is 19.4. The SMILES string of the molecule is CC(=O)c1ccc(OCC(=O)N[C@@H](C(C)(C)C)C(F)(F)F)cc1. The van der Waals surface area contributed by atoms with E-state index in [-0.39, 0.29) is 5.78 Å². The third-order valence-corrected chi connectivity index (χ3v) is 3.13. The fourth-order valence-corrected chi connectivity index (χ4v) is 1.93. The molecule has 1 rings (SSSR count). The number of carbonyl (C=O) groups excluding carboxylic acids is 2. The molecule has 0 aromatic heterocycles. The second kappa shape index (κ2) is 7.02. The van der Waals surface area contributed by atoms with Gasteiger partial charge in [-0.2, -0.15) is 13.2 Å². The molecule has 0 aliphatic carbocycles. The highest BCUT2D eigenvalue weighted by molar-refractivity contribution is 5.94. The van der Waals surface area contributed by atoms with E-state index in [0.717, 1.165) is 0 Å². The van der Waals surface area contributed by atoms with Crippen molar-refractivity contribution in [2.75, 3.05) is 6.61 Å². The number of ketones is 1. The minimum absolute atomic E-state index is 0.118. The van der Waals surface area contributed by atoms with E-state index in [4.69, 9.17) is 4.74 Å². The van der Waals surface area contributed by atoms with Gasteiger partial charge in [-0.3, -0.25) is 9.59 Å². The molecule has 128 valence electrons. The smallest absolute Gasteiger partial charge is 0.409 e. The Labute approximate surface area is 133 Å². The first kappa shape index (κ1) is 19.0. The van der Waals surface area contributed by atoms with Crippen LogP contribution in [0.5, 0.6) is 5.75 Å². The number of rotatable bonds is 5. The molecular weight excluding hydrogens is 311 g/mol. The molecule has 0 saturated heterocycles. The van der Waals surface area contributed by atoms with Crippen LogP contribution in [0.15, 0.2) is 24.3 Å². The number of amides is 1. The van der Waals surface area contributed by atoms with Crippen molar-refractivity contribution in [3.8, 4) is 5.75 Å². The minimum atomic E-state index is -4.54. The second-order valence-corrected chi connectivity index (χ2v) is 6.28. The van der Waals surface area contributed by atoms with Gasteiger partial charge in [0.05, 0.1) is 0 Å². The zero-order chi connectivity index (χ0) is 17.8. The van der Waals surface area contributed by atoms with Gasteiger partial charge in [0, 0.05) is 5.56 Å². The first-order valence-electron chi connectivity index (χ1n) is 7.01. The van der Waals surface area contributed by atoms with Gasteiger partial charge in [0.15, 0.2) is 12.4 Å². The van der Waals surface area contributed by atoms with Gasteiger partial charge in [-0.05, 0) is 36.6 Å². The Morgan fingerprint density at radius 1 is 1.13 bits per heavy atom. The van der Waals surface area contributed by atoms with Gasteiger partial charge in [-0.25, -0.2) is 0 Å². The Morgan fingerprint density at radius 3 is 2.04 bits per heavy atom. The highest BCUT2D eigenvalue weighted by Gasteiger charge is 2.47. The predicted octanol–water partition coefficient (Wildman–Crippen LogP) is 3.36. The summed E-state index contributed by atoms with van der Waals surface area (Å²) >= 11 is 0. The molecule has 0 bridgehead atoms. The van der Waals surface area contributed by atoms with Crippen LogP contribution in [0, 0.1) is 5.41 Å². The van der Waals surface area contributed by atoms with E-state index in [9.17, 15) is 22.8 Å². The molecule has 0 heterocycles. The highest BCUT2D eigenvalue weighted by Crippen LogP contribution is 2.33. The van der Waals surface area contributed by atoms with Crippen LogP contribution in [0.3, 0.4) is 0 Å². The standard InChI is InChI=1S/C16H20F3NO3/c1-10(21)11-5-7-12(8-6-11)23-9-13(22)20-14(15(2,3)4)16(17,18)19/h5-8,14H,9H2,1-4H3,(H,20,22)/t14-/m0/s1. The molecule has 1 amide bonds. The molecule has 1 N–H and O–H groups in total. The van der Waals surface area contributed by atoms with E-state index in [1.54, 1.807) is 0 Å². The van der Waals surface area contributed by atoms with Gasteiger partial charge in [0.1, 0.15) is 11.8 Å². The molecule has 0 saturated carbocycles. The van der Waals surface area contributed by atoms with E-state index in [1.807, 2.05) is 5.32 Å². The van der Waals surface area contributed by atoms with Gasteiger partial charge in [-0.1, -0.05) is 20.8 Å². The molecular formula is C16H20F3NO3. The summed E-state index contributed by atoms with van der Waals surface area (Å²) in [4.78, 5) is 22.8. The molecule has 1 aromatic carbocycles. The van der Waals surface area contributed by atoms with E-state index in [1.165, 1.54) is 52.0 Å². The van der Waals surface area contributed by atoms with Crippen LogP contribution in [-0.2, 0) is 4.79 Å². The Morgan fingerprint density at radius 2 is 1.65 bits per heavy atom. The van der Waals surface area contributed by atoms with Crippen molar-refractivity contribution in [2.45, 2.75) is 39.9 Å². The first-order chi connectivity index (χ1) is 10.4. The summed E-state index contributed by atoms with van der Waals surface area (Å²) in [5, 5.41) is 1.95. The normalized spacial score (nSPS) is 13.3. The van der Waals surface area contributed by atoms with Gasteiger partial charge in [0.25, 0.3) is 5.91 Å². The van der Waals surface area contributed by atoms with Crippen LogP contribution in [0.25, 0.3) is 0 Å². The van der Waals surface area contributed by atoms with Crippen molar-refractivity contribution in [2.24, 2.45) is 5.41 Å². The molecule has 0 aliphatic rings. The number of nitrogens with one attached hydrogen (secondary N) is 1. The van der Waals surface area contributed by atoms with Gasteiger partial charge in [0.2, 0.25) is 0 Å². The largest absolute Gasteiger partial charge is 0.484 e. The third kappa shape index (κ3) is 5.92. The number of Topliss-reactive ketones (excluding diaryl/α,β-unsaturated/α-hetero) is 1. The van der Waals surface area contributed by atoms with E-state index < -0.39 is 30.1 Å². The average molecular weight is 331 g/mol. The van der Waals surface area contributed by atoms with Crippen molar-refractivity contribution in [1.82, 2.24) is 5.32 Å². The first-order valence-corrected chi connectivity index (χ1v) is 7.01. The van der Waals surface area contributed by atoms with Crippen LogP contribution in [0.2, 0.25) is 0 Å². The number of hydrogen-bond acceptors (Lipinski definition) is 3. The Balaban J connectivity index is 2.64. The fourth-order valence-electron chi connectivity index (χ4n) is 1.93. The molecule has 0 aliphatic heterocycles. The summed E-state index contributed by atoms with van der Waals surface area (Å²) in [5.41, 5.74) is -0.691. The second-order valence-electron chi connectivity index (χ2n) is 6.28. The Bertz CT molecular complexity index is 545. The monoisotopic (exact) mass is 331 g/mol. The van der Waals surface area contributed by atoms with Crippen molar-refractivity contribution in [3.63, 3.8) is 0 Å². The summed E-state index contributed by atoms with van der Waals surface area (Å²) in [6.45, 7) is 5.06. The molecule has 1 atom stereocenters. The van der Waals surface area contributed by atoms with Gasteiger partial charge in [-0.15, -0.1) is 0 Å². The van der Waals surface area contributed by atoms with Gasteiger partial charge < -0.3 is 10.1 Å². The summed E-state index contributed by atoms with van der Waals surface area (Å²) in [5.74, 6) is -0.685. The zero-order valence-corrected chi connectivity index (χ0v) is 13.5. The van der Waals surface area contributed by atoms with Crippen LogP contribution >= 0.6 is 0 Å². The quantitative estimate of drug-likeness (QED) is 0.842. The van der Waals surface area contributed by atoms with E-state index in [0.29, 0.717) is 11.3 Å². The Hall–Kier alpha value is -2.05. The minimum Gasteiger partial charge on any atom is -0.484 e. The van der Waals surface area contributed by atoms with Crippen molar-refractivity contribution >= 4 is 11.7 Å². The lowest BCUT2D eigenvalue weighted by Crippen LogP contribution is -2.54. The molecule has 0 fully saturated rings. The number of carbonyl (C=O) groups is 2. The number of hydrogen-bond donors (Lipinski definition) is 1. The van der Waals surface area contributed by atoms with Gasteiger partial charge >= 0.3 is 6.18 Å². The number of halogens is 3. The molecule has 0 unspecified atom stereocenters. The maximum Gasteiger partial charge on any atom is 0.409 e. The predicted molar refractivity (Wildman–Crippen MR) is 79.4 cm³/mol. The van der Waals surface area contributed by atoms with Crippen LogP contribution in [0.4, 0.5) is 13.2 Å². The number of benzene rings is 1. The Kier molecular flexibility index (Phi) is 5.80. The third-order valence-electron chi connectivity index (χ3n) is 3.13. The average Bonchev–Trinajstić information content (AvgIpc) is 2.40. The van der Waals surface area contributed by atoms with E-state index >= 15 is 0 Å². The van der Waals surface area contributed by atoms with E-state index in [2.05, 4.69) is 0 Å². The van der Waals surface area contributed by atoms with Crippen molar-refractivity contribution in [1.29, 1.82) is 0 Å². The van der Waals surface area contributed by atoms with Crippen LogP contribution in [-0.4, -0.2) is 30.5 Å². The van der Waals surface area contributed by atoms with Crippen molar-refractivity contribution in [3.05, 3.63) is 29.8 Å². The van der Waals surface area contributed by atoms with Crippen molar-refractivity contribution < 1.29 is 27.5 Å². The number of ether oxygens (including phenoxy) is 1. The molecule has 0 radical (unpaired) electrons. The summed E-state index contributed by atoms with van der Waals surface area (Å²) < 4.78 is 44.1. The lowest BCUT2D eigenvalue weighted by molar-refractivity contribution is -0.181. The summed E-state index contributed by atoms with van der Waals surface area (Å²) in [7, 11) is 0. The summed E-state index contributed by atoms with van der Waals surface area (Å²) in [6, 6.07) is 4.03. The maximum atomic E-state index is 13.0. The number of alkyl halides is 3. The van der Waals surface area contributed by atoms with Crippen LogP contribution < -0.4 is 10.1 Å². The molecule has 1 aromatic rings. The topological polar surface area (TPSA) is 55.4 Å². The molecule has 23 heavy (non-hydrogen) atoms. The maximum absolute atomic E-state index is 13.0. The fraction of sp³-hybridized carbons (Fsp3) is 0.500. The lowest BCUT2D eigenvalue weighted by atomic mass is 9.86. The van der Waals surface area contributed by atoms with Crippen LogP contribution in [0.1, 0.15) is 38.1 Å². The lowest BCUT2D eigenvalue weighted by Gasteiger charge is -2.32.